The largest absolute Gasteiger partial charge is 0.493 e. The summed E-state index contributed by atoms with van der Waals surface area (Å²) in [4.78, 5) is 14.8. The van der Waals surface area contributed by atoms with E-state index in [1.807, 2.05) is 23.1 Å². The Hall–Kier alpha value is -2.06. The zero-order valence-corrected chi connectivity index (χ0v) is 16.9. The van der Waals surface area contributed by atoms with Gasteiger partial charge in [0.25, 0.3) is 5.91 Å². The lowest BCUT2D eigenvalue weighted by Gasteiger charge is -2.36. The van der Waals surface area contributed by atoms with Gasteiger partial charge in [-0.05, 0) is 47.3 Å². The molecule has 1 aliphatic carbocycles. The zero-order valence-electron chi connectivity index (χ0n) is 15.9. The molecule has 1 amide bonds. The van der Waals surface area contributed by atoms with Gasteiger partial charge < -0.3 is 14.4 Å². The first-order valence-corrected chi connectivity index (χ1v) is 10.7. The number of carbonyl (C=O) groups excluding carboxylic acids is 1. The normalized spacial score (nSPS) is 23.7. The summed E-state index contributed by atoms with van der Waals surface area (Å²) in [7, 11) is 3.78. The van der Waals surface area contributed by atoms with Gasteiger partial charge in [-0.15, -0.1) is 0 Å². The number of nitrogens with zero attached hydrogens (tertiary/aromatic N) is 1. The molecule has 0 spiro atoms. The highest BCUT2D eigenvalue weighted by Gasteiger charge is 2.30. The molecule has 0 saturated heterocycles. The summed E-state index contributed by atoms with van der Waals surface area (Å²) in [5, 5.41) is 1.07. The highest BCUT2D eigenvalue weighted by Crippen LogP contribution is 2.46. The number of hydrogen-bond acceptors (Lipinski definition) is 3. The summed E-state index contributed by atoms with van der Waals surface area (Å²) < 4.78 is 10.7. The van der Waals surface area contributed by atoms with E-state index < -0.39 is 0 Å². The number of amides is 1. The van der Waals surface area contributed by atoms with Crippen molar-refractivity contribution in [1.29, 1.82) is 0 Å². The van der Waals surface area contributed by atoms with Crippen molar-refractivity contribution in [3.63, 3.8) is 0 Å². The maximum atomic E-state index is 12.8. The van der Waals surface area contributed by atoms with Gasteiger partial charge in [0.05, 0.1) is 20.0 Å². The third-order valence-corrected chi connectivity index (χ3v) is 7.17. The molecule has 2 aliphatic heterocycles. The second kappa shape index (κ2) is 7.90. The van der Waals surface area contributed by atoms with Crippen molar-refractivity contribution in [3.8, 4) is 11.5 Å². The Morgan fingerprint density at radius 2 is 1.85 bits per heavy atom. The van der Waals surface area contributed by atoms with E-state index >= 15 is 0 Å². The van der Waals surface area contributed by atoms with Crippen LogP contribution in [0, 0.1) is 5.92 Å². The Balaban J connectivity index is 1.58. The molecule has 27 heavy (non-hydrogen) atoms. The first-order valence-electron chi connectivity index (χ1n) is 9.62. The SMILES string of the molecule is COc1ccc(C2=CC(=O)N3C=C(C4CCCCC4)C=CC3P2)cc1OC. The Morgan fingerprint density at radius 3 is 2.59 bits per heavy atom. The lowest BCUT2D eigenvalue weighted by atomic mass is 9.83. The van der Waals surface area contributed by atoms with Gasteiger partial charge in [0, 0.05) is 12.3 Å². The summed E-state index contributed by atoms with van der Waals surface area (Å²) in [6.07, 6.45) is 14.8. The second-order valence-corrected chi connectivity index (χ2v) is 8.70. The van der Waals surface area contributed by atoms with Crippen molar-refractivity contribution in [1.82, 2.24) is 4.90 Å². The van der Waals surface area contributed by atoms with Gasteiger partial charge in [0.15, 0.2) is 11.5 Å². The minimum Gasteiger partial charge on any atom is -0.493 e. The van der Waals surface area contributed by atoms with Crippen molar-refractivity contribution in [3.05, 3.63) is 53.8 Å². The number of allylic oxidation sites excluding steroid dienone is 2. The predicted molar refractivity (Wildman–Crippen MR) is 110 cm³/mol. The van der Waals surface area contributed by atoms with E-state index in [4.69, 9.17) is 9.47 Å². The molecule has 4 nitrogen and oxygen atoms in total. The zero-order chi connectivity index (χ0) is 18.8. The van der Waals surface area contributed by atoms with Crippen LogP contribution in [0.2, 0.25) is 0 Å². The summed E-state index contributed by atoms with van der Waals surface area (Å²) in [5.41, 5.74) is 2.35. The number of hydrogen-bond donors (Lipinski definition) is 0. The number of fused-ring (bicyclic) bond motifs is 1. The third kappa shape index (κ3) is 3.68. The Bertz CT molecular complexity index is 821. The van der Waals surface area contributed by atoms with Crippen molar-refractivity contribution in [2.24, 2.45) is 5.92 Å². The molecule has 2 unspecified atom stereocenters. The van der Waals surface area contributed by atoms with Crippen molar-refractivity contribution in [2.75, 3.05) is 14.2 Å². The molecule has 0 N–H and O–H groups in total. The molecule has 1 fully saturated rings. The third-order valence-electron chi connectivity index (χ3n) is 5.66. The first-order chi connectivity index (χ1) is 13.2. The molecule has 4 rings (SSSR count). The Morgan fingerprint density at radius 1 is 1.07 bits per heavy atom. The van der Waals surface area contributed by atoms with Crippen LogP contribution in [0.3, 0.4) is 0 Å². The molecule has 1 aromatic rings. The molecule has 0 bridgehead atoms. The van der Waals surface area contributed by atoms with E-state index in [2.05, 4.69) is 18.4 Å². The summed E-state index contributed by atoms with van der Waals surface area (Å²) >= 11 is 0. The van der Waals surface area contributed by atoms with Gasteiger partial charge in [-0.25, -0.2) is 0 Å². The van der Waals surface area contributed by atoms with Crippen LogP contribution < -0.4 is 9.47 Å². The van der Waals surface area contributed by atoms with Crippen LogP contribution in [-0.4, -0.2) is 30.8 Å². The van der Waals surface area contributed by atoms with Crippen LogP contribution in [0.5, 0.6) is 11.5 Å². The molecule has 0 radical (unpaired) electrons. The van der Waals surface area contributed by atoms with Gasteiger partial charge >= 0.3 is 0 Å². The van der Waals surface area contributed by atoms with E-state index in [1.165, 1.54) is 37.7 Å². The van der Waals surface area contributed by atoms with Gasteiger partial charge in [0.1, 0.15) is 0 Å². The molecule has 3 aliphatic rings. The van der Waals surface area contributed by atoms with Gasteiger partial charge in [-0.1, -0.05) is 46.1 Å². The smallest absolute Gasteiger partial charge is 0.252 e. The fourth-order valence-corrected chi connectivity index (χ4v) is 5.53. The molecular formula is C22H26NO3P. The first kappa shape index (κ1) is 18.3. The maximum absolute atomic E-state index is 12.8. The maximum Gasteiger partial charge on any atom is 0.252 e. The molecule has 142 valence electrons. The number of rotatable bonds is 4. The van der Waals surface area contributed by atoms with Gasteiger partial charge in [-0.2, -0.15) is 0 Å². The minimum absolute atomic E-state index is 0.0706. The predicted octanol–water partition coefficient (Wildman–Crippen LogP) is 4.93. The average molecular weight is 383 g/mol. The van der Waals surface area contributed by atoms with Crippen molar-refractivity contribution in [2.45, 2.75) is 37.9 Å². The van der Waals surface area contributed by atoms with Crippen molar-refractivity contribution >= 4 is 19.8 Å². The number of methoxy groups -OCH3 is 2. The van der Waals surface area contributed by atoms with Crippen molar-refractivity contribution < 1.29 is 14.3 Å². The molecule has 0 aromatic heterocycles. The minimum atomic E-state index is 0.0706. The number of benzene rings is 1. The molecular weight excluding hydrogens is 357 g/mol. The van der Waals surface area contributed by atoms with Crippen LogP contribution in [0.4, 0.5) is 0 Å². The monoisotopic (exact) mass is 383 g/mol. The molecule has 1 aromatic carbocycles. The molecule has 2 atom stereocenters. The molecule has 1 saturated carbocycles. The summed E-state index contributed by atoms with van der Waals surface area (Å²) in [6, 6.07) is 5.85. The Labute approximate surface area is 162 Å². The standard InChI is InChI=1S/C22H26NO3P/c1-25-18-10-8-16(12-19(18)26-2)20-13-21(24)23-14-17(9-11-22(23)27-20)15-6-4-3-5-7-15/h8-15,22,27H,3-7H2,1-2H3. The average Bonchev–Trinajstić information content (AvgIpc) is 2.73. The molecule has 5 heteroatoms. The highest BCUT2D eigenvalue weighted by molar-refractivity contribution is 7.51. The van der Waals surface area contributed by atoms with Gasteiger partial charge in [0.2, 0.25) is 0 Å². The van der Waals surface area contributed by atoms with E-state index in [0.29, 0.717) is 26.0 Å². The Kier molecular flexibility index (Phi) is 5.36. The lowest BCUT2D eigenvalue weighted by molar-refractivity contribution is -0.123. The van der Waals surface area contributed by atoms with E-state index in [0.717, 1.165) is 10.9 Å². The fourth-order valence-electron chi connectivity index (χ4n) is 4.14. The number of ether oxygens (including phenoxy) is 2. The highest BCUT2D eigenvalue weighted by atomic mass is 31.1. The summed E-state index contributed by atoms with van der Waals surface area (Å²) in [6.45, 7) is 0. The van der Waals surface area contributed by atoms with Gasteiger partial charge in [-0.3, -0.25) is 4.79 Å². The van der Waals surface area contributed by atoms with Crippen LogP contribution in [0.15, 0.2) is 48.2 Å². The fraction of sp³-hybridized carbons (Fsp3) is 0.409. The summed E-state index contributed by atoms with van der Waals surface area (Å²) in [5.74, 6) is 2.20. The van der Waals surface area contributed by atoms with Crippen LogP contribution in [-0.2, 0) is 4.79 Å². The topological polar surface area (TPSA) is 38.8 Å². The van der Waals surface area contributed by atoms with E-state index in [9.17, 15) is 4.79 Å². The number of carbonyl (C=O) groups is 1. The van der Waals surface area contributed by atoms with E-state index in [-0.39, 0.29) is 11.7 Å². The quantitative estimate of drug-likeness (QED) is 0.693. The second-order valence-electron chi connectivity index (χ2n) is 7.29. The van der Waals surface area contributed by atoms with Crippen LogP contribution in [0.1, 0.15) is 37.7 Å². The van der Waals surface area contributed by atoms with E-state index in [1.54, 1.807) is 20.3 Å². The van der Waals surface area contributed by atoms with Crippen LogP contribution in [0.25, 0.3) is 5.31 Å². The molecule has 2 heterocycles. The van der Waals surface area contributed by atoms with Crippen LogP contribution >= 0.6 is 8.58 Å². The lowest BCUT2D eigenvalue weighted by Crippen LogP contribution is -2.36.